The number of benzene rings is 2. The summed E-state index contributed by atoms with van der Waals surface area (Å²) >= 11 is 0. The van der Waals surface area contributed by atoms with Gasteiger partial charge in [-0.3, -0.25) is 19.9 Å². The van der Waals surface area contributed by atoms with Gasteiger partial charge in [0, 0.05) is 52.1 Å². The smallest absolute Gasteiger partial charge is 0.157 e. The Labute approximate surface area is 256 Å². The van der Waals surface area contributed by atoms with Crippen LogP contribution in [0.25, 0.3) is 39.0 Å². The molecule has 8 nitrogen and oxygen atoms in total. The Balaban J connectivity index is 1.04. The lowest BCUT2D eigenvalue weighted by molar-refractivity contribution is 0.264. The molecule has 1 saturated heterocycles. The molecule has 2 aliphatic rings. The molecule has 6 aromatic rings. The SMILES string of the molecule is Cc1cc(Nc2ccc3nc(-c4ccc(Nc5cc(C)nc6ccc(C7=C[C@@H]8CC[C@H](C7)N8C)cc56)cn4)[nH]c3c2)ccn1. The van der Waals surface area contributed by atoms with Crippen LogP contribution in [0.3, 0.4) is 0 Å². The predicted molar refractivity (Wildman–Crippen MR) is 179 cm³/mol. The average molecular weight is 579 g/mol. The predicted octanol–water partition coefficient (Wildman–Crippen LogP) is 7.92. The zero-order chi connectivity index (χ0) is 29.8. The van der Waals surface area contributed by atoms with Crippen molar-refractivity contribution in [1.82, 2.24) is 29.8 Å². The molecule has 0 saturated carbocycles. The van der Waals surface area contributed by atoms with E-state index in [9.17, 15) is 0 Å². The Morgan fingerprint density at radius 3 is 2.50 bits per heavy atom. The quantitative estimate of drug-likeness (QED) is 0.185. The summed E-state index contributed by atoms with van der Waals surface area (Å²) in [6.07, 6.45) is 9.79. The molecule has 0 spiro atoms. The number of anilines is 4. The fourth-order valence-corrected chi connectivity index (χ4v) is 6.68. The van der Waals surface area contributed by atoms with E-state index in [1.165, 1.54) is 24.0 Å². The van der Waals surface area contributed by atoms with E-state index in [0.717, 1.165) is 74.0 Å². The molecule has 0 amide bonds. The van der Waals surface area contributed by atoms with Gasteiger partial charge in [0.2, 0.25) is 0 Å². The van der Waals surface area contributed by atoms with Crippen LogP contribution in [0.2, 0.25) is 0 Å². The molecule has 8 heteroatoms. The molecule has 2 aliphatic heterocycles. The second-order valence-corrected chi connectivity index (χ2v) is 12.1. The molecule has 0 radical (unpaired) electrons. The highest BCUT2D eigenvalue weighted by Crippen LogP contribution is 2.39. The number of aryl methyl sites for hydroxylation is 2. The van der Waals surface area contributed by atoms with E-state index >= 15 is 0 Å². The Bertz CT molecular complexity index is 2060. The van der Waals surface area contributed by atoms with Crippen molar-refractivity contribution in [3.05, 3.63) is 102 Å². The van der Waals surface area contributed by atoms with E-state index in [1.54, 1.807) is 6.20 Å². The summed E-state index contributed by atoms with van der Waals surface area (Å²) in [5.41, 5.74) is 12.2. The number of hydrogen-bond acceptors (Lipinski definition) is 7. The Morgan fingerprint density at radius 2 is 1.66 bits per heavy atom. The average Bonchev–Trinajstić information content (AvgIpc) is 3.51. The number of nitrogens with one attached hydrogen (secondary N) is 3. The van der Waals surface area contributed by atoms with Crippen LogP contribution in [0.5, 0.6) is 0 Å². The van der Waals surface area contributed by atoms with Crippen molar-refractivity contribution < 1.29 is 0 Å². The second-order valence-electron chi connectivity index (χ2n) is 12.1. The summed E-state index contributed by atoms with van der Waals surface area (Å²) < 4.78 is 0. The van der Waals surface area contributed by atoms with E-state index < -0.39 is 0 Å². The van der Waals surface area contributed by atoms with Gasteiger partial charge in [-0.2, -0.15) is 0 Å². The third-order valence-electron chi connectivity index (χ3n) is 9.00. The van der Waals surface area contributed by atoms with Crippen molar-refractivity contribution in [2.24, 2.45) is 0 Å². The van der Waals surface area contributed by atoms with Crippen molar-refractivity contribution in [2.45, 2.75) is 45.2 Å². The molecule has 0 unspecified atom stereocenters. The summed E-state index contributed by atoms with van der Waals surface area (Å²) in [5, 5.41) is 8.18. The van der Waals surface area contributed by atoms with Gasteiger partial charge in [0.15, 0.2) is 5.82 Å². The van der Waals surface area contributed by atoms with Crippen LogP contribution in [0, 0.1) is 13.8 Å². The van der Waals surface area contributed by atoms with Crippen molar-refractivity contribution in [3.8, 4) is 11.5 Å². The molecule has 6 heterocycles. The Kier molecular flexibility index (Phi) is 6.38. The molecule has 44 heavy (non-hydrogen) atoms. The highest BCUT2D eigenvalue weighted by atomic mass is 15.2. The van der Waals surface area contributed by atoms with Crippen LogP contribution in [0.4, 0.5) is 22.7 Å². The summed E-state index contributed by atoms with van der Waals surface area (Å²) in [4.78, 5) is 24.6. The highest BCUT2D eigenvalue weighted by Gasteiger charge is 2.34. The van der Waals surface area contributed by atoms with Crippen LogP contribution in [-0.4, -0.2) is 49.0 Å². The van der Waals surface area contributed by atoms with E-state index in [2.05, 4.69) is 75.0 Å². The number of pyridine rings is 3. The topological polar surface area (TPSA) is 94.6 Å². The van der Waals surface area contributed by atoms with Gasteiger partial charge in [0.1, 0.15) is 5.69 Å². The van der Waals surface area contributed by atoms with Gasteiger partial charge < -0.3 is 15.6 Å². The minimum absolute atomic E-state index is 0.555. The minimum Gasteiger partial charge on any atom is -0.355 e. The van der Waals surface area contributed by atoms with E-state index in [4.69, 9.17) is 15.0 Å². The van der Waals surface area contributed by atoms with Gasteiger partial charge in [-0.1, -0.05) is 12.1 Å². The third kappa shape index (κ3) is 4.97. The molecule has 1 fully saturated rings. The van der Waals surface area contributed by atoms with Crippen LogP contribution in [-0.2, 0) is 0 Å². The van der Waals surface area contributed by atoms with Gasteiger partial charge >= 0.3 is 0 Å². The van der Waals surface area contributed by atoms with Gasteiger partial charge in [-0.15, -0.1) is 0 Å². The number of likely N-dealkylation sites (N-methyl/N-ethyl adjacent to an activating group) is 1. The molecule has 0 aliphatic carbocycles. The molecule has 4 aromatic heterocycles. The second kappa shape index (κ2) is 10.6. The molecule has 2 bridgehead atoms. The number of aromatic nitrogens is 5. The summed E-state index contributed by atoms with van der Waals surface area (Å²) in [5.74, 6) is 0.735. The molecular formula is C36H34N8. The lowest BCUT2D eigenvalue weighted by Gasteiger charge is -2.30. The fourth-order valence-electron chi connectivity index (χ4n) is 6.68. The zero-order valence-corrected chi connectivity index (χ0v) is 25.1. The van der Waals surface area contributed by atoms with Crippen LogP contribution < -0.4 is 10.6 Å². The number of nitrogens with zero attached hydrogens (tertiary/aromatic N) is 5. The first-order chi connectivity index (χ1) is 21.4. The molecule has 218 valence electrons. The monoisotopic (exact) mass is 578 g/mol. The first kappa shape index (κ1) is 26.5. The standard InChI is InChI=1S/C36H34N8/c1-21-14-26(12-13-37-21)40-25-5-10-32-35(19-25)43-36(42-32)33-11-6-27(20-38-33)41-34-15-22(2)39-31-9-4-23(18-30(31)34)24-16-28-7-8-29(17-24)44(28)3/h4-6,9-16,18-20,28-29H,7-8,17H2,1-3H3,(H,37,40)(H,39,41)(H,42,43)/t28-,29+/m0/s1. The number of rotatable bonds is 6. The first-order valence-electron chi connectivity index (χ1n) is 15.2. The molecular weight excluding hydrogens is 544 g/mol. The number of imidazole rings is 1. The zero-order valence-electron chi connectivity index (χ0n) is 25.1. The van der Waals surface area contributed by atoms with E-state index in [1.807, 2.05) is 50.4 Å². The summed E-state index contributed by atoms with van der Waals surface area (Å²) in [7, 11) is 2.26. The maximum atomic E-state index is 4.82. The van der Waals surface area contributed by atoms with Gasteiger partial charge in [0.25, 0.3) is 0 Å². The van der Waals surface area contributed by atoms with Crippen molar-refractivity contribution in [3.63, 3.8) is 0 Å². The van der Waals surface area contributed by atoms with Crippen LogP contribution in [0.15, 0.2) is 85.2 Å². The molecule has 3 N–H and O–H groups in total. The number of H-pyrrole nitrogens is 1. The Hall–Kier alpha value is -5.08. The molecule has 2 aromatic carbocycles. The van der Waals surface area contributed by atoms with Gasteiger partial charge in [-0.05, 0) is 112 Å². The van der Waals surface area contributed by atoms with Gasteiger partial charge in [0.05, 0.1) is 28.4 Å². The maximum Gasteiger partial charge on any atom is 0.157 e. The van der Waals surface area contributed by atoms with Crippen molar-refractivity contribution in [1.29, 1.82) is 0 Å². The number of hydrogen-bond donors (Lipinski definition) is 3. The van der Waals surface area contributed by atoms with E-state index in [-0.39, 0.29) is 0 Å². The first-order valence-corrected chi connectivity index (χ1v) is 15.2. The fraction of sp³-hybridized carbons (Fsp3) is 0.222. The lowest BCUT2D eigenvalue weighted by Crippen LogP contribution is -2.34. The van der Waals surface area contributed by atoms with Crippen molar-refractivity contribution >= 4 is 50.3 Å². The summed E-state index contributed by atoms with van der Waals surface area (Å²) in [6, 6.07) is 24.2. The minimum atomic E-state index is 0.555. The molecule has 2 atom stereocenters. The number of aromatic amines is 1. The lowest BCUT2D eigenvalue weighted by atomic mass is 9.94. The number of fused-ring (bicyclic) bond motifs is 4. The largest absolute Gasteiger partial charge is 0.355 e. The third-order valence-corrected chi connectivity index (χ3v) is 9.00. The van der Waals surface area contributed by atoms with E-state index in [0.29, 0.717) is 12.1 Å². The van der Waals surface area contributed by atoms with Gasteiger partial charge in [-0.25, -0.2) is 4.98 Å². The maximum absolute atomic E-state index is 4.82. The Morgan fingerprint density at radius 1 is 0.795 bits per heavy atom. The van der Waals surface area contributed by atoms with Crippen molar-refractivity contribution in [2.75, 3.05) is 17.7 Å². The highest BCUT2D eigenvalue weighted by molar-refractivity contribution is 5.95. The van der Waals surface area contributed by atoms with Crippen LogP contribution in [0.1, 0.15) is 36.2 Å². The molecule has 8 rings (SSSR count). The normalized spacial score (nSPS) is 18.1. The van der Waals surface area contributed by atoms with Crippen LogP contribution >= 0.6 is 0 Å². The summed E-state index contributed by atoms with van der Waals surface area (Å²) in [6.45, 7) is 4.02.